The fourth-order valence-corrected chi connectivity index (χ4v) is 0.589. The standard InChI is InChI=1S/C8H12N2O3/c1-3-7(12)9-6(5-11)10-8(13)4-2/h3-4,6,11H,1-2,5H2,(H,9,12)(H,10,13). The molecule has 0 saturated heterocycles. The Hall–Kier alpha value is -1.62. The smallest absolute Gasteiger partial charge is 0.245 e. The number of carbonyl (C=O) groups is 2. The maximum Gasteiger partial charge on any atom is 0.245 e. The predicted octanol–water partition coefficient (Wildman–Crippen LogP) is -1.09. The summed E-state index contributed by atoms with van der Waals surface area (Å²) in [5, 5.41) is 13.3. The molecule has 0 rings (SSSR count). The average molecular weight is 184 g/mol. The van der Waals surface area contributed by atoms with E-state index in [0.29, 0.717) is 0 Å². The van der Waals surface area contributed by atoms with Gasteiger partial charge in [0, 0.05) is 0 Å². The lowest BCUT2D eigenvalue weighted by molar-refractivity contribution is -0.120. The monoisotopic (exact) mass is 184 g/mol. The van der Waals surface area contributed by atoms with Gasteiger partial charge in [0.05, 0.1) is 6.61 Å². The summed E-state index contributed by atoms with van der Waals surface area (Å²) >= 11 is 0. The van der Waals surface area contributed by atoms with Crippen molar-refractivity contribution >= 4 is 11.8 Å². The lowest BCUT2D eigenvalue weighted by Crippen LogP contribution is -2.49. The first kappa shape index (κ1) is 11.4. The number of aliphatic hydroxyl groups excluding tert-OH is 1. The van der Waals surface area contributed by atoms with Gasteiger partial charge in [-0.1, -0.05) is 13.2 Å². The molecule has 5 heteroatoms. The van der Waals surface area contributed by atoms with Crippen LogP contribution < -0.4 is 10.6 Å². The van der Waals surface area contributed by atoms with E-state index in [-0.39, 0.29) is 6.61 Å². The lowest BCUT2D eigenvalue weighted by atomic mass is 10.4. The highest BCUT2D eigenvalue weighted by atomic mass is 16.3. The first-order valence-corrected chi connectivity index (χ1v) is 3.60. The van der Waals surface area contributed by atoms with E-state index in [1.165, 1.54) is 0 Å². The number of nitrogens with one attached hydrogen (secondary N) is 2. The van der Waals surface area contributed by atoms with E-state index in [1.807, 2.05) is 0 Å². The zero-order valence-electron chi connectivity index (χ0n) is 7.12. The first-order valence-electron chi connectivity index (χ1n) is 3.60. The van der Waals surface area contributed by atoms with Crippen molar-refractivity contribution in [2.24, 2.45) is 0 Å². The third kappa shape index (κ3) is 4.76. The second-order valence-corrected chi connectivity index (χ2v) is 2.16. The van der Waals surface area contributed by atoms with Crippen molar-refractivity contribution in [3.05, 3.63) is 25.3 Å². The Balaban J connectivity index is 4.02. The molecule has 0 spiro atoms. The van der Waals surface area contributed by atoms with Crippen molar-refractivity contribution in [2.45, 2.75) is 6.17 Å². The number of carbonyl (C=O) groups excluding carboxylic acids is 2. The molecule has 0 aromatic carbocycles. The van der Waals surface area contributed by atoms with E-state index in [0.717, 1.165) is 12.2 Å². The Kier molecular flexibility index (Phi) is 5.22. The van der Waals surface area contributed by atoms with Gasteiger partial charge in [0.25, 0.3) is 0 Å². The summed E-state index contributed by atoms with van der Waals surface area (Å²) in [6.07, 6.45) is 1.28. The highest BCUT2D eigenvalue weighted by Crippen LogP contribution is 1.78. The third-order valence-electron chi connectivity index (χ3n) is 1.19. The Morgan fingerprint density at radius 3 is 1.85 bits per heavy atom. The van der Waals surface area contributed by atoms with Gasteiger partial charge < -0.3 is 15.7 Å². The maximum absolute atomic E-state index is 10.7. The highest BCUT2D eigenvalue weighted by molar-refractivity contribution is 5.89. The van der Waals surface area contributed by atoms with Crippen molar-refractivity contribution in [3.63, 3.8) is 0 Å². The summed E-state index contributed by atoms with van der Waals surface area (Å²) in [5.74, 6) is -0.938. The Morgan fingerprint density at radius 2 is 1.62 bits per heavy atom. The third-order valence-corrected chi connectivity index (χ3v) is 1.19. The van der Waals surface area contributed by atoms with Crippen LogP contribution in [0.2, 0.25) is 0 Å². The Morgan fingerprint density at radius 1 is 1.23 bits per heavy atom. The van der Waals surface area contributed by atoms with Crippen LogP contribution in [0.3, 0.4) is 0 Å². The molecule has 0 aliphatic heterocycles. The lowest BCUT2D eigenvalue weighted by Gasteiger charge is -2.15. The van der Waals surface area contributed by atoms with Gasteiger partial charge in [0.1, 0.15) is 6.17 Å². The molecule has 0 aliphatic rings. The van der Waals surface area contributed by atoms with Crippen LogP contribution in [0.15, 0.2) is 25.3 Å². The minimum absolute atomic E-state index is 0.390. The molecule has 13 heavy (non-hydrogen) atoms. The van der Waals surface area contributed by atoms with E-state index in [2.05, 4.69) is 23.8 Å². The van der Waals surface area contributed by atoms with Crippen molar-refractivity contribution in [1.29, 1.82) is 0 Å². The van der Waals surface area contributed by atoms with Crippen molar-refractivity contribution in [3.8, 4) is 0 Å². The molecule has 0 unspecified atom stereocenters. The molecule has 0 saturated carbocycles. The minimum Gasteiger partial charge on any atom is -0.392 e. The normalized spacial score (nSPS) is 9.08. The zero-order chi connectivity index (χ0) is 10.3. The summed E-state index contributed by atoms with van der Waals surface area (Å²) in [6, 6.07) is 0. The molecule has 0 bridgehead atoms. The van der Waals surface area contributed by atoms with Gasteiger partial charge in [0.2, 0.25) is 11.8 Å². The maximum atomic E-state index is 10.7. The molecule has 0 radical (unpaired) electrons. The van der Waals surface area contributed by atoms with Crippen LogP contribution in [0.5, 0.6) is 0 Å². The molecule has 0 atom stereocenters. The molecule has 3 N–H and O–H groups in total. The van der Waals surface area contributed by atoms with Crippen LogP contribution in [0.1, 0.15) is 0 Å². The highest BCUT2D eigenvalue weighted by Gasteiger charge is 2.09. The van der Waals surface area contributed by atoms with Gasteiger partial charge in [0.15, 0.2) is 0 Å². The first-order chi connectivity index (χ1) is 6.13. The summed E-state index contributed by atoms with van der Waals surface area (Å²) < 4.78 is 0. The molecular formula is C8H12N2O3. The van der Waals surface area contributed by atoms with E-state index in [9.17, 15) is 9.59 Å². The van der Waals surface area contributed by atoms with Crippen LogP contribution in [0.25, 0.3) is 0 Å². The quantitative estimate of drug-likeness (QED) is 0.375. The van der Waals surface area contributed by atoms with Crippen LogP contribution in [-0.4, -0.2) is 29.7 Å². The van der Waals surface area contributed by atoms with Gasteiger partial charge in [-0.2, -0.15) is 0 Å². The fraction of sp³-hybridized carbons (Fsp3) is 0.250. The van der Waals surface area contributed by atoms with Gasteiger partial charge in [-0.25, -0.2) is 0 Å². The van der Waals surface area contributed by atoms with Crippen molar-refractivity contribution in [1.82, 2.24) is 10.6 Å². The predicted molar refractivity (Wildman–Crippen MR) is 47.6 cm³/mol. The molecule has 5 nitrogen and oxygen atoms in total. The average Bonchev–Trinajstić information content (AvgIpc) is 2.16. The van der Waals surface area contributed by atoms with Gasteiger partial charge >= 0.3 is 0 Å². The molecule has 0 aromatic heterocycles. The molecule has 2 amide bonds. The van der Waals surface area contributed by atoms with Crippen molar-refractivity contribution < 1.29 is 14.7 Å². The number of amides is 2. The summed E-state index contributed by atoms with van der Waals surface area (Å²) in [5.41, 5.74) is 0. The van der Waals surface area contributed by atoms with Crippen LogP contribution in [0, 0.1) is 0 Å². The minimum atomic E-state index is -0.809. The van der Waals surface area contributed by atoms with E-state index < -0.39 is 18.0 Å². The summed E-state index contributed by atoms with van der Waals surface area (Å²) in [4.78, 5) is 21.5. The number of rotatable bonds is 5. The largest absolute Gasteiger partial charge is 0.392 e. The van der Waals surface area contributed by atoms with Gasteiger partial charge in [-0.05, 0) is 12.2 Å². The Labute approximate surface area is 76.1 Å². The van der Waals surface area contributed by atoms with E-state index >= 15 is 0 Å². The van der Waals surface area contributed by atoms with Gasteiger partial charge in [-0.3, -0.25) is 9.59 Å². The molecule has 0 aliphatic carbocycles. The summed E-state index contributed by atoms with van der Waals surface area (Å²) in [7, 11) is 0. The molecule has 0 heterocycles. The topological polar surface area (TPSA) is 78.4 Å². The second kappa shape index (κ2) is 5.96. The van der Waals surface area contributed by atoms with Crippen LogP contribution >= 0.6 is 0 Å². The molecule has 72 valence electrons. The van der Waals surface area contributed by atoms with E-state index in [1.54, 1.807) is 0 Å². The number of hydrogen-bond acceptors (Lipinski definition) is 3. The van der Waals surface area contributed by atoms with Crippen LogP contribution in [-0.2, 0) is 9.59 Å². The second-order valence-electron chi connectivity index (χ2n) is 2.16. The Bertz CT molecular complexity index is 203. The number of aliphatic hydroxyl groups is 1. The molecular weight excluding hydrogens is 172 g/mol. The van der Waals surface area contributed by atoms with Crippen LogP contribution in [0.4, 0.5) is 0 Å². The molecule has 0 aromatic rings. The number of hydrogen-bond donors (Lipinski definition) is 3. The fourth-order valence-electron chi connectivity index (χ4n) is 0.589. The summed E-state index contributed by atoms with van der Waals surface area (Å²) in [6.45, 7) is 6.05. The van der Waals surface area contributed by atoms with Crippen molar-refractivity contribution in [2.75, 3.05) is 6.61 Å². The van der Waals surface area contributed by atoms with Gasteiger partial charge in [-0.15, -0.1) is 0 Å². The van der Waals surface area contributed by atoms with E-state index in [4.69, 9.17) is 5.11 Å². The SMILES string of the molecule is C=CC(=O)NC(CO)NC(=O)C=C. The zero-order valence-corrected chi connectivity index (χ0v) is 7.12. The molecule has 0 fully saturated rings.